The van der Waals surface area contributed by atoms with E-state index in [4.69, 9.17) is 4.98 Å². The van der Waals surface area contributed by atoms with E-state index in [1.165, 1.54) is 12.1 Å². The SMILES string of the molecule is CCCCC(=O)Nc1cncc(-c2ccc3[nH]nc(-c4nc5c(-c6cc(F)cc(CNS(C)(=O)=O)c6)ccnc5[nH]4)c3c2)c1. The zero-order chi connectivity index (χ0) is 30.8. The van der Waals surface area contributed by atoms with Gasteiger partial charge >= 0.3 is 0 Å². The topological polar surface area (TPSA) is 158 Å². The number of nitrogens with one attached hydrogen (secondary N) is 4. The number of fused-ring (bicyclic) bond motifs is 2. The maximum atomic E-state index is 14.6. The number of rotatable bonds is 10. The normalized spacial score (nSPS) is 11.8. The van der Waals surface area contributed by atoms with Crippen molar-refractivity contribution in [3.8, 4) is 33.8 Å². The number of anilines is 1. The fourth-order valence-electron chi connectivity index (χ4n) is 4.98. The lowest BCUT2D eigenvalue weighted by Gasteiger charge is -2.08. The standard InChI is InChI=1S/C31H29FN8O3S/c1-3-4-5-27(41)36-23-13-21(16-33-17-23)19-6-7-26-25(14-19)29(40-39-26)31-37-28-24(8-9-34-30(28)38-31)20-10-18(11-22(32)12-20)15-35-44(2,42)43/h6-14,16-17,35H,3-5,15H2,1-2H3,(H,36,41)(H,39,40)(H,34,37,38). The molecule has 0 saturated carbocycles. The van der Waals surface area contributed by atoms with E-state index >= 15 is 0 Å². The molecule has 224 valence electrons. The predicted molar refractivity (Wildman–Crippen MR) is 167 cm³/mol. The fraction of sp³-hybridized carbons (Fsp3) is 0.194. The Morgan fingerprint density at radius 3 is 2.70 bits per heavy atom. The molecular formula is C31H29FN8O3S. The van der Waals surface area contributed by atoms with E-state index in [0.717, 1.165) is 41.1 Å². The van der Waals surface area contributed by atoms with Crippen LogP contribution in [0, 0.1) is 5.82 Å². The number of aromatic nitrogens is 6. The van der Waals surface area contributed by atoms with Gasteiger partial charge in [-0.2, -0.15) is 5.10 Å². The van der Waals surface area contributed by atoms with Crippen molar-refractivity contribution in [3.05, 3.63) is 78.5 Å². The first kappa shape index (κ1) is 29.1. The number of imidazole rings is 1. The molecule has 0 saturated heterocycles. The molecule has 4 aromatic heterocycles. The van der Waals surface area contributed by atoms with Crippen molar-refractivity contribution in [1.29, 1.82) is 0 Å². The van der Waals surface area contributed by atoms with Gasteiger partial charge in [0.2, 0.25) is 15.9 Å². The lowest BCUT2D eigenvalue weighted by Crippen LogP contribution is -2.21. The molecule has 0 bridgehead atoms. The summed E-state index contributed by atoms with van der Waals surface area (Å²) in [6.07, 6.45) is 8.23. The van der Waals surface area contributed by atoms with E-state index < -0.39 is 15.8 Å². The van der Waals surface area contributed by atoms with Crippen molar-refractivity contribution >= 4 is 43.7 Å². The Labute approximate surface area is 252 Å². The third kappa shape index (κ3) is 6.33. The van der Waals surface area contributed by atoms with Gasteiger partial charge < -0.3 is 10.3 Å². The van der Waals surface area contributed by atoms with Crippen LogP contribution >= 0.6 is 0 Å². The molecule has 0 aliphatic heterocycles. The minimum atomic E-state index is -3.45. The van der Waals surface area contributed by atoms with Gasteiger partial charge in [-0.25, -0.2) is 27.5 Å². The van der Waals surface area contributed by atoms with Crippen LogP contribution in [-0.2, 0) is 21.4 Å². The molecule has 0 radical (unpaired) electrons. The zero-order valence-corrected chi connectivity index (χ0v) is 24.8. The molecule has 0 unspecified atom stereocenters. The quantitative estimate of drug-likeness (QED) is 0.158. The molecule has 2 aromatic carbocycles. The number of sulfonamides is 1. The summed E-state index contributed by atoms with van der Waals surface area (Å²) in [6.45, 7) is 2.00. The number of benzene rings is 2. The number of H-pyrrole nitrogens is 2. The highest BCUT2D eigenvalue weighted by Crippen LogP contribution is 2.33. The third-order valence-corrected chi connectivity index (χ3v) is 7.76. The van der Waals surface area contributed by atoms with Crippen molar-refractivity contribution < 1.29 is 17.6 Å². The first-order valence-corrected chi connectivity index (χ1v) is 15.9. The molecule has 0 aliphatic rings. The van der Waals surface area contributed by atoms with Gasteiger partial charge in [0.25, 0.3) is 0 Å². The van der Waals surface area contributed by atoms with Gasteiger partial charge in [-0.15, -0.1) is 0 Å². The van der Waals surface area contributed by atoms with Gasteiger partial charge in [0.15, 0.2) is 11.5 Å². The molecule has 0 atom stereocenters. The molecule has 44 heavy (non-hydrogen) atoms. The molecule has 0 aliphatic carbocycles. The number of pyridine rings is 2. The number of hydrogen-bond acceptors (Lipinski definition) is 7. The summed E-state index contributed by atoms with van der Waals surface area (Å²) in [5.74, 6) is -0.0801. The third-order valence-electron chi connectivity index (χ3n) is 7.09. The summed E-state index contributed by atoms with van der Waals surface area (Å²) in [5.41, 5.74) is 6.32. The lowest BCUT2D eigenvalue weighted by atomic mass is 10.0. The predicted octanol–water partition coefficient (Wildman–Crippen LogP) is 5.55. The molecule has 4 heterocycles. The summed E-state index contributed by atoms with van der Waals surface area (Å²) < 4.78 is 40.1. The summed E-state index contributed by atoms with van der Waals surface area (Å²) in [4.78, 5) is 29.0. The first-order valence-electron chi connectivity index (χ1n) is 14.0. The summed E-state index contributed by atoms with van der Waals surface area (Å²) in [7, 11) is -3.45. The van der Waals surface area contributed by atoms with Crippen molar-refractivity contribution in [3.63, 3.8) is 0 Å². The van der Waals surface area contributed by atoms with Crippen LogP contribution in [-0.4, -0.2) is 50.7 Å². The smallest absolute Gasteiger partial charge is 0.224 e. The Balaban J connectivity index is 1.35. The molecule has 13 heteroatoms. The number of halogens is 1. The van der Waals surface area contributed by atoms with Crippen LogP contribution in [0.2, 0.25) is 0 Å². The zero-order valence-electron chi connectivity index (χ0n) is 24.0. The minimum Gasteiger partial charge on any atom is -0.325 e. The van der Waals surface area contributed by atoms with Gasteiger partial charge in [0, 0.05) is 41.9 Å². The van der Waals surface area contributed by atoms with Crippen LogP contribution in [0.4, 0.5) is 10.1 Å². The second-order valence-corrected chi connectivity index (χ2v) is 12.4. The van der Waals surface area contributed by atoms with E-state index in [0.29, 0.717) is 51.5 Å². The van der Waals surface area contributed by atoms with Gasteiger partial charge in [-0.1, -0.05) is 19.4 Å². The van der Waals surface area contributed by atoms with Crippen LogP contribution < -0.4 is 10.0 Å². The Hall–Kier alpha value is -5.01. The molecule has 11 nitrogen and oxygen atoms in total. The van der Waals surface area contributed by atoms with Crippen LogP contribution in [0.25, 0.3) is 55.8 Å². The largest absolute Gasteiger partial charge is 0.325 e. The molecule has 1 amide bonds. The summed E-state index contributed by atoms with van der Waals surface area (Å²) in [5, 5.41) is 11.3. The number of amides is 1. The van der Waals surface area contributed by atoms with E-state index in [-0.39, 0.29) is 12.5 Å². The fourth-order valence-corrected chi connectivity index (χ4v) is 5.41. The van der Waals surface area contributed by atoms with Crippen LogP contribution in [0.1, 0.15) is 31.7 Å². The molecule has 0 spiro atoms. The van der Waals surface area contributed by atoms with Crippen LogP contribution in [0.5, 0.6) is 0 Å². The molecule has 0 fully saturated rings. The van der Waals surface area contributed by atoms with Crippen LogP contribution in [0.3, 0.4) is 0 Å². The highest BCUT2D eigenvalue weighted by atomic mass is 32.2. The average molecular weight is 613 g/mol. The van der Waals surface area contributed by atoms with Crippen molar-refractivity contribution in [2.75, 3.05) is 11.6 Å². The highest BCUT2D eigenvalue weighted by Gasteiger charge is 2.17. The van der Waals surface area contributed by atoms with Crippen molar-refractivity contribution in [1.82, 2.24) is 34.9 Å². The van der Waals surface area contributed by atoms with E-state index in [1.807, 2.05) is 31.2 Å². The molecular weight excluding hydrogens is 583 g/mol. The van der Waals surface area contributed by atoms with Gasteiger partial charge in [-0.3, -0.25) is 14.9 Å². The Morgan fingerprint density at radius 1 is 1.02 bits per heavy atom. The van der Waals surface area contributed by atoms with E-state index in [9.17, 15) is 17.6 Å². The molecule has 4 N–H and O–H groups in total. The second kappa shape index (κ2) is 11.9. The Kier molecular flexibility index (Phi) is 7.89. The summed E-state index contributed by atoms with van der Waals surface area (Å²) >= 11 is 0. The number of hydrogen-bond donors (Lipinski definition) is 4. The lowest BCUT2D eigenvalue weighted by molar-refractivity contribution is -0.116. The number of nitrogens with zero attached hydrogens (tertiary/aromatic N) is 4. The maximum Gasteiger partial charge on any atom is 0.224 e. The van der Waals surface area contributed by atoms with E-state index in [2.05, 4.69) is 35.2 Å². The summed E-state index contributed by atoms with van der Waals surface area (Å²) in [6, 6.07) is 13.8. The number of aromatic amines is 2. The highest BCUT2D eigenvalue weighted by molar-refractivity contribution is 7.88. The van der Waals surface area contributed by atoms with E-state index in [1.54, 1.807) is 30.7 Å². The number of carbonyl (C=O) groups is 1. The van der Waals surface area contributed by atoms with Gasteiger partial charge in [0.1, 0.15) is 17.0 Å². The first-order chi connectivity index (χ1) is 21.2. The molecule has 6 rings (SSSR count). The van der Waals surface area contributed by atoms with Crippen LogP contribution in [0.15, 0.2) is 67.1 Å². The van der Waals surface area contributed by atoms with Crippen molar-refractivity contribution in [2.24, 2.45) is 0 Å². The van der Waals surface area contributed by atoms with Gasteiger partial charge in [-0.05, 0) is 65.6 Å². The number of unbranched alkanes of at least 4 members (excludes halogenated alkanes) is 1. The van der Waals surface area contributed by atoms with Crippen molar-refractivity contribution in [2.45, 2.75) is 32.7 Å². The Morgan fingerprint density at radius 2 is 1.89 bits per heavy atom. The minimum absolute atomic E-state index is 0.0451. The average Bonchev–Trinajstić information content (AvgIpc) is 3.62. The molecule has 6 aromatic rings. The Bertz CT molecular complexity index is 2120. The van der Waals surface area contributed by atoms with Gasteiger partial charge in [0.05, 0.1) is 23.7 Å². The maximum absolute atomic E-state index is 14.6. The second-order valence-electron chi connectivity index (χ2n) is 10.5. The number of carbonyl (C=O) groups excluding carboxylic acids is 1. The monoisotopic (exact) mass is 612 g/mol.